The van der Waals surface area contributed by atoms with Gasteiger partial charge in [0.2, 0.25) is 5.91 Å². The number of hydrogen-bond donors (Lipinski definition) is 1. The normalized spacial score (nSPS) is 17.6. The minimum Gasteiger partial charge on any atom is -0.342 e. The van der Waals surface area contributed by atoms with Crippen molar-refractivity contribution in [1.82, 2.24) is 14.9 Å². The van der Waals surface area contributed by atoms with E-state index in [-0.39, 0.29) is 17.7 Å². The number of carbonyl (C=O) groups is 2. The third kappa shape index (κ3) is 3.99. The van der Waals surface area contributed by atoms with Gasteiger partial charge in [0.05, 0.1) is 11.3 Å². The molecule has 0 bridgehead atoms. The minimum absolute atomic E-state index is 0.173. The van der Waals surface area contributed by atoms with Gasteiger partial charge in [-0.25, -0.2) is 9.97 Å². The van der Waals surface area contributed by atoms with Gasteiger partial charge in [0.1, 0.15) is 5.82 Å². The van der Waals surface area contributed by atoms with Crippen LogP contribution >= 0.6 is 0 Å². The molecule has 2 heterocycles. The number of hydrogen-bond acceptors (Lipinski definition) is 4. The fraction of sp³-hybridized carbons (Fsp3) is 0.429. The molecule has 0 spiro atoms. The molecule has 1 aliphatic heterocycles. The molecule has 2 aliphatic rings. The van der Waals surface area contributed by atoms with E-state index in [4.69, 9.17) is 0 Å². The predicted octanol–water partition coefficient (Wildman–Crippen LogP) is 3.15. The average Bonchev–Trinajstić information content (AvgIpc) is 3.53. The first-order valence-corrected chi connectivity index (χ1v) is 9.60. The highest BCUT2D eigenvalue weighted by Crippen LogP contribution is 2.34. The first-order valence-electron chi connectivity index (χ1n) is 9.60. The molecule has 6 nitrogen and oxygen atoms in total. The Hall–Kier alpha value is -2.76. The number of rotatable bonds is 4. The van der Waals surface area contributed by atoms with Gasteiger partial charge in [-0.1, -0.05) is 18.2 Å². The maximum absolute atomic E-state index is 12.8. The second kappa shape index (κ2) is 7.47. The van der Waals surface area contributed by atoms with Crippen molar-refractivity contribution in [2.75, 3.05) is 18.4 Å². The lowest BCUT2D eigenvalue weighted by Gasteiger charge is -2.32. The molecule has 4 rings (SSSR count). The zero-order chi connectivity index (χ0) is 18.8. The summed E-state index contributed by atoms with van der Waals surface area (Å²) in [5.41, 5.74) is 2.07. The lowest BCUT2D eigenvalue weighted by molar-refractivity contribution is -0.133. The summed E-state index contributed by atoms with van der Waals surface area (Å²) in [6.07, 6.45) is 5.36. The van der Waals surface area contributed by atoms with Gasteiger partial charge in [0.15, 0.2) is 0 Å². The summed E-state index contributed by atoms with van der Waals surface area (Å²) in [6.45, 7) is 3.32. The second-order valence-corrected chi connectivity index (χ2v) is 7.41. The van der Waals surface area contributed by atoms with E-state index in [2.05, 4.69) is 15.3 Å². The molecule has 1 N–H and O–H groups in total. The summed E-state index contributed by atoms with van der Waals surface area (Å²) < 4.78 is 0. The first-order chi connectivity index (χ1) is 13.1. The molecule has 2 amide bonds. The molecule has 0 radical (unpaired) electrons. The monoisotopic (exact) mass is 364 g/mol. The Balaban J connectivity index is 1.50. The van der Waals surface area contributed by atoms with E-state index in [0.717, 1.165) is 50.2 Å². The van der Waals surface area contributed by atoms with Crippen LogP contribution in [-0.2, 0) is 4.79 Å². The van der Waals surface area contributed by atoms with Crippen LogP contribution in [0.1, 0.15) is 53.5 Å². The Morgan fingerprint density at radius 1 is 1.07 bits per heavy atom. The molecule has 1 saturated carbocycles. The molecule has 0 atom stereocenters. The number of aryl methyl sites for hydroxylation is 1. The Kier molecular flexibility index (Phi) is 4.88. The van der Waals surface area contributed by atoms with Gasteiger partial charge in [-0.2, -0.15) is 0 Å². The Morgan fingerprint density at radius 3 is 2.44 bits per heavy atom. The molecule has 6 heteroatoms. The highest BCUT2D eigenvalue weighted by atomic mass is 16.2. The molecule has 2 fully saturated rings. The number of carbonyl (C=O) groups excluding carboxylic acids is 2. The Bertz CT molecular complexity index is 841. The number of nitrogens with one attached hydrogen (secondary N) is 1. The van der Waals surface area contributed by atoms with Crippen molar-refractivity contribution in [2.45, 2.75) is 38.5 Å². The van der Waals surface area contributed by atoms with Crippen LogP contribution in [-0.4, -0.2) is 39.8 Å². The van der Waals surface area contributed by atoms with E-state index >= 15 is 0 Å². The summed E-state index contributed by atoms with van der Waals surface area (Å²) in [4.78, 5) is 35.9. The highest BCUT2D eigenvalue weighted by molar-refractivity contribution is 6.04. The van der Waals surface area contributed by atoms with Crippen LogP contribution in [0.3, 0.4) is 0 Å². The lowest BCUT2D eigenvalue weighted by atomic mass is 9.90. The third-order valence-corrected chi connectivity index (χ3v) is 5.33. The SMILES string of the molecule is Cc1ncc(C(=O)Nc2ccccc2)c(C2CCN(C(=O)C3CC3)CC2)n1. The standard InChI is InChI=1S/C21H24N4O2/c1-14-22-13-18(20(26)24-17-5-3-2-4-6-17)19(23-14)15-9-11-25(12-10-15)21(27)16-7-8-16/h2-6,13,15-16H,7-12H2,1H3,(H,24,26). The number of benzene rings is 1. The topological polar surface area (TPSA) is 75.2 Å². The summed E-state index contributed by atoms with van der Waals surface area (Å²) in [5.74, 6) is 1.21. The Morgan fingerprint density at radius 2 is 1.78 bits per heavy atom. The van der Waals surface area contributed by atoms with Crippen LogP contribution in [0, 0.1) is 12.8 Å². The molecular weight excluding hydrogens is 340 g/mol. The van der Waals surface area contributed by atoms with Gasteiger partial charge in [-0.3, -0.25) is 9.59 Å². The molecule has 1 aromatic heterocycles. The smallest absolute Gasteiger partial charge is 0.259 e. The third-order valence-electron chi connectivity index (χ3n) is 5.33. The van der Waals surface area contributed by atoms with Crippen LogP contribution in [0.2, 0.25) is 0 Å². The molecule has 140 valence electrons. The molecule has 27 heavy (non-hydrogen) atoms. The number of nitrogens with zero attached hydrogens (tertiary/aromatic N) is 3. The number of piperidine rings is 1. The average molecular weight is 364 g/mol. The lowest BCUT2D eigenvalue weighted by Crippen LogP contribution is -2.39. The summed E-state index contributed by atoms with van der Waals surface area (Å²) in [7, 11) is 0. The fourth-order valence-corrected chi connectivity index (χ4v) is 3.66. The molecule has 1 aromatic carbocycles. The van der Waals surface area contributed by atoms with Crippen molar-refractivity contribution in [3.05, 3.63) is 53.6 Å². The summed E-state index contributed by atoms with van der Waals surface area (Å²) in [5, 5.41) is 2.92. The van der Waals surface area contributed by atoms with Gasteiger partial charge in [0, 0.05) is 36.8 Å². The minimum atomic E-state index is -0.187. The molecule has 1 aliphatic carbocycles. The van der Waals surface area contributed by atoms with Crippen LogP contribution in [0.25, 0.3) is 0 Å². The van der Waals surface area contributed by atoms with Crippen LogP contribution in [0.5, 0.6) is 0 Å². The summed E-state index contributed by atoms with van der Waals surface area (Å²) >= 11 is 0. The number of para-hydroxylation sites is 1. The van der Waals surface area contributed by atoms with E-state index < -0.39 is 0 Å². The number of amides is 2. The van der Waals surface area contributed by atoms with Gasteiger partial charge < -0.3 is 10.2 Å². The van der Waals surface area contributed by atoms with Gasteiger partial charge >= 0.3 is 0 Å². The molecular formula is C21H24N4O2. The van der Waals surface area contributed by atoms with Crippen molar-refractivity contribution >= 4 is 17.5 Å². The van der Waals surface area contributed by atoms with Crippen molar-refractivity contribution in [1.29, 1.82) is 0 Å². The van der Waals surface area contributed by atoms with Crippen LogP contribution in [0.4, 0.5) is 5.69 Å². The van der Waals surface area contributed by atoms with E-state index in [0.29, 0.717) is 17.3 Å². The summed E-state index contributed by atoms with van der Waals surface area (Å²) in [6, 6.07) is 9.39. The van der Waals surface area contributed by atoms with Crippen molar-refractivity contribution < 1.29 is 9.59 Å². The second-order valence-electron chi connectivity index (χ2n) is 7.41. The van der Waals surface area contributed by atoms with Gasteiger partial charge in [0.25, 0.3) is 5.91 Å². The zero-order valence-electron chi connectivity index (χ0n) is 15.5. The van der Waals surface area contributed by atoms with E-state index in [1.54, 1.807) is 6.20 Å². The Labute approximate surface area is 159 Å². The van der Waals surface area contributed by atoms with Crippen molar-refractivity contribution in [3.8, 4) is 0 Å². The van der Waals surface area contributed by atoms with E-state index in [1.807, 2.05) is 42.2 Å². The number of aromatic nitrogens is 2. The predicted molar refractivity (Wildman–Crippen MR) is 102 cm³/mol. The number of anilines is 1. The van der Waals surface area contributed by atoms with Crippen LogP contribution in [0.15, 0.2) is 36.5 Å². The van der Waals surface area contributed by atoms with E-state index in [1.165, 1.54) is 0 Å². The maximum Gasteiger partial charge on any atom is 0.259 e. The largest absolute Gasteiger partial charge is 0.342 e. The molecule has 1 saturated heterocycles. The van der Waals surface area contributed by atoms with E-state index in [9.17, 15) is 9.59 Å². The maximum atomic E-state index is 12.8. The number of likely N-dealkylation sites (tertiary alicyclic amines) is 1. The molecule has 0 unspecified atom stereocenters. The van der Waals surface area contributed by atoms with Crippen molar-refractivity contribution in [3.63, 3.8) is 0 Å². The molecule has 2 aromatic rings. The fourth-order valence-electron chi connectivity index (χ4n) is 3.66. The highest BCUT2D eigenvalue weighted by Gasteiger charge is 2.36. The zero-order valence-corrected chi connectivity index (χ0v) is 15.5. The quantitative estimate of drug-likeness (QED) is 0.904. The van der Waals surface area contributed by atoms with Crippen molar-refractivity contribution in [2.24, 2.45) is 5.92 Å². The van der Waals surface area contributed by atoms with Gasteiger partial charge in [-0.15, -0.1) is 0 Å². The van der Waals surface area contributed by atoms with Crippen LogP contribution < -0.4 is 5.32 Å². The first kappa shape index (κ1) is 17.6. The van der Waals surface area contributed by atoms with Gasteiger partial charge in [-0.05, 0) is 44.7 Å².